The molecule has 3 heterocycles. The second-order valence-corrected chi connectivity index (χ2v) is 15.3. The number of carbonyl (C=O) groups is 1. The van der Waals surface area contributed by atoms with Gasteiger partial charge in [-0.3, -0.25) is 4.79 Å². The summed E-state index contributed by atoms with van der Waals surface area (Å²) in [6.07, 6.45) is 18.0. The SMILES string of the molecule is CCCCCCCCCCCCCCCC(=O)c1cc2c3sc(Br)cc3c3cc(Br)sc3c2s1. The van der Waals surface area contributed by atoms with Crippen LogP contribution in [0.25, 0.3) is 30.3 Å². The molecular formula is C28H34Br2OS3. The lowest BCUT2D eigenvalue weighted by Crippen LogP contribution is -1.95. The summed E-state index contributed by atoms with van der Waals surface area (Å²) in [6.45, 7) is 2.28. The lowest BCUT2D eigenvalue weighted by Gasteiger charge is -2.03. The van der Waals surface area contributed by atoms with E-state index in [9.17, 15) is 4.79 Å². The van der Waals surface area contributed by atoms with E-state index in [0.717, 1.165) is 18.9 Å². The Morgan fingerprint density at radius 1 is 0.618 bits per heavy atom. The van der Waals surface area contributed by atoms with Crippen molar-refractivity contribution >= 4 is 102 Å². The number of fused-ring (bicyclic) bond motifs is 6. The smallest absolute Gasteiger partial charge is 0.172 e. The van der Waals surface area contributed by atoms with Gasteiger partial charge in [-0.2, -0.15) is 0 Å². The highest BCUT2D eigenvalue weighted by atomic mass is 79.9. The van der Waals surface area contributed by atoms with E-state index in [4.69, 9.17) is 0 Å². The van der Waals surface area contributed by atoms with Crippen molar-refractivity contribution in [2.75, 3.05) is 0 Å². The van der Waals surface area contributed by atoms with E-state index in [1.165, 1.54) is 107 Å². The highest BCUT2D eigenvalue weighted by Crippen LogP contribution is 2.48. The Morgan fingerprint density at radius 2 is 1.09 bits per heavy atom. The van der Waals surface area contributed by atoms with E-state index in [-0.39, 0.29) is 0 Å². The van der Waals surface area contributed by atoms with Crippen LogP contribution in [0.5, 0.6) is 0 Å². The third kappa shape index (κ3) is 6.73. The fourth-order valence-electron chi connectivity index (χ4n) is 4.78. The number of carbonyl (C=O) groups excluding carboxylic acids is 1. The Kier molecular flexibility index (Phi) is 10.5. The van der Waals surface area contributed by atoms with Crippen LogP contribution < -0.4 is 0 Å². The number of thiophene rings is 3. The van der Waals surface area contributed by atoms with Gasteiger partial charge in [0.2, 0.25) is 0 Å². The largest absolute Gasteiger partial charge is 0.293 e. The minimum absolute atomic E-state index is 0.316. The van der Waals surface area contributed by atoms with Crippen LogP contribution >= 0.6 is 65.9 Å². The molecule has 0 aliphatic carbocycles. The van der Waals surface area contributed by atoms with Crippen LogP contribution in [0.1, 0.15) is 106 Å². The van der Waals surface area contributed by atoms with Crippen molar-refractivity contribution in [2.24, 2.45) is 0 Å². The summed E-state index contributed by atoms with van der Waals surface area (Å²) in [6, 6.07) is 6.59. The van der Waals surface area contributed by atoms with E-state index in [0.29, 0.717) is 12.2 Å². The standard InChI is InChI=1S/C28H34Br2OS3/c1-2-3-4-5-6-7-8-9-10-11-12-13-14-15-22(31)23-16-21-26-19(17-24(29)33-26)20-18-25(30)34-27(20)28(21)32-23/h16-18H,2-15H2,1H3. The molecule has 0 fully saturated rings. The molecule has 0 amide bonds. The van der Waals surface area contributed by atoms with Crippen molar-refractivity contribution in [2.45, 2.75) is 96.8 Å². The van der Waals surface area contributed by atoms with Crippen LogP contribution in [-0.4, -0.2) is 5.78 Å². The topological polar surface area (TPSA) is 17.1 Å². The molecule has 6 heteroatoms. The van der Waals surface area contributed by atoms with Crippen LogP contribution in [0, 0.1) is 0 Å². The van der Waals surface area contributed by atoms with Gasteiger partial charge in [-0.15, -0.1) is 34.0 Å². The molecule has 0 unspecified atom stereocenters. The highest BCUT2D eigenvalue weighted by Gasteiger charge is 2.19. The summed E-state index contributed by atoms with van der Waals surface area (Å²) in [7, 11) is 0. The Labute approximate surface area is 232 Å². The van der Waals surface area contributed by atoms with Crippen molar-refractivity contribution in [1.29, 1.82) is 0 Å². The fraction of sp³-hybridized carbons (Fsp3) is 0.536. The lowest BCUT2D eigenvalue weighted by molar-refractivity contribution is 0.0983. The summed E-state index contributed by atoms with van der Waals surface area (Å²) < 4.78 is 6.14. The minimum atomic E-state index is 0.316. The third-order valence-corrected chi connectivity index (χ3v) is 11.3. The van der Waals surface area contributed by atoms with Gasteiger partial charge in [0.05, 0.1) is 21.8 Å². The number of hydrogen-bond acceptors (Lipinski definition) is 4. The average Bonchev–Trinajstić information content (AvgIpc) is 3.52. The molecule has 0 atom stereocenters. The summed E-state index contributed by atoms with van der Waals surface area (Å²) in [5.41, 5.74) is 0. The Hall–Kier alpha value is -0.270. The van der Waals surface area contributed by atoms with Gasteiger partial charge in [0.1, 0.15) is 0 Å². The first-order valence-electron chi connectivity index (χ1n) is 12.8. The first-order valence-corrected chi connectivity index (χ1v) is 16.9. The quantitative estimate of drug-likeness (QED) is 0.0932. The van der Waals surface area contributed by atoms with Crippen molar-refractivity contribution in [3.8, 4) is 0 Å². The predicted molar refractivity (Wildman–Crippen MR) is 163 cm³/mol. The van der Waals surface area contributed by atoms with Crippen molar-refractivity contribution in [1.82, 2.24) is 0 Å². The zero-order chi connectivity index (χ0) is 23.9. The second kappa shape index (κ2) is 13.3. The number of ketones is 1. The molecule has 0 aliphatic heterocycles. The molecule has 1 nitrogen and oxygen atoms in total. The summed E-state index contributed by atoms with van der Waals surface area (Å²) >= 11 is 12.6. The van der Waals surface area contributed by atoms with Crippen LogP contribution in [0.4, 0.5) is 0 Å². The number of unbranched alkanes of at least 4 members (excludes halogenated alkanes) is 12. The molecule has 1 aromatic carbocycles. The maximum absolute atomic E-state index is 13.0. The first kappa shape index (κ1) is 26.8. The zero-order valence-corrected chi connectivity index (χ0v) is 25.6. The maximum Gasteiger partial charge on any atom is 0.172 e. The van der Waals surface area contributed by atoms with Crippen molar-refractivity contribution in [3.05, 3.63) is 30.6 Å². The maximum atomic E-state index is 13.0. The van der Waals surface area contributed by atoms with Gasteiger partial charge >= 0.3 is 0 Å². The molecule has 0 saturated heterocycles. The lowest BCUT2D eigenvalue weighted by atomic mass is 10.0. The zero-order valence-electron chi connectivity index (χ0n) is 20.0. The molecule has 34 heavy (non-hydrogen) atoms. The van der Waals surface area contributed by atoms with E-state index >= 15 is 0 Å². The van der Waals surface area contributed by atoms with Gasteiger partial charge in [0, 0.05) is 27.3 Å². The Bertz CT molecular complexity index is 1160. The average molecular weight is 643 g/mol. The number of rotatable bonds is 15. The normalized spacial score (nSPS) is 12.0. The summed E-state index contributed by atoms with van der Waals surface area (Å²) in [5.74, 6) is 0.316. The van der Waals surface area contributed by atoms with Crippen LogP contribution in [-0.2, 0) is 0 Å². The molecule has 0 spiro atoms. The molecule has 3 aromatic heterocycles. The predicted octanol–water partition coefficient (Wildman–Crippen LogP) is 12.5. The van der Waals surface area contributed by atoms with E-state index in [1.54, 1.807) is 34.0 Å². The summed E-state index contributed by atoms with van der Waals surface area (Å²) in [4.78, 5) is 13.9. The third-order valence-electron chi connectivity index (χ3n) is 6.66. The first-order chi connectivity index (χ1) is 16.6. The molecule has 184 valence electrons. The van der Waals surface area contributed by atoms with Crippen LogP contribution in [0.2, 0.25) is 0 Å². The van der Waals surface area contributed by atoms with E-state index in [2.05, 4.69) is 57.0 Å². The number of benzene rings is 1. The summed E-state index contributed by atoms with van der Waals surface area (Å²) in [5, 5.41) is 3.82. The molecule has 0 saturated carbocycles. The molecule has 4 aromatic rings. The van der Waals surface area contributed by atoms with Gasteiger partial charge in [-0.05, 0) is 56.5 Å². The van der Waals surface area contributed by atoms with Crippen LogP contribution in [0.3, 0.4) is 0 Å². The van der Waals surface area contributed by atoms with Gasteiger partial charge in [-0.1, -0.05) is 84.0 Å². The Morgan fingerprint density at radius 3 is 1.68 bits per heavy atom. The molecule has 0 N–H and O–H groups in total. The Balaban J connectivity index is 1.23. The highest BCUT2D eigenvalue weighted by molar-refractivity contribution is 9.11. The van der Waals surface area contributed by atoms with Crippen LogP contribution in [0.15, 0.2) is 25.8 Å². The number of Topliss-reactive ketones (excluding diaryl/α,β-unsaturated/α-hetero) is 1. The minimum Gasteiger partial charge on any atom is -0.293 e. The molecule has 0 radical (unpaired) electrons. The molecule has 0 aliphatic rings. The molecular weight excluding hydrogens is 608 g/mol. The number of hydrogen-bond donors (Lipinski definition) is 0. The molecule has 0 bridgehead atoms. The van der Waals surface area contributed by atoms with Crippen molar-refractivity contribution < 1.29 is 4.79 Å². The van der Waals surface area contributed by atoms with E-state index in [1.807, 2.05) is 0 Å². The fourth-order valence-corrected chi connectivity index (χ4v) is 9.39. The number of halogens is 2. The second-order valence-electron chi connectivity index (χ2n) is 9.36. The van der Waals surface area contributed by atoms with Gasteiger partial charge in [0.15, 0.2) is 5.78 Å². The van der Waals surface area contributed by atoms with Gasteiger partial charge < -0.3 is 0 Å². The van der Waals surface area contributed by atoms with Crippen molar-refractivity contribution in [3.63, 3.8) is 0 Å². The van der Waals surface area contributed by atoms with Gasteiger partial charge in [0.25, 0.3) is 0 Å². The van der Waals surface area contributed by atoms with Gasteiger partial charge in [-0.25, -0.2) is 0 Å². The molecule has 4 rings (SSSR count). The monoisotopic (exact) mass is 640 g/mol. The van der Waals surface area contributed by atoms with E-state index < -0.39 is 0 Å².